The van der Waals surface area contributed by atoms with Crippen LogP contribution in [-0.2, 0) is 13.1 Å². The van der Waals surface area contributed by atoms with Crippen LogP contribution in [0.4, 0.5) is 0 Å². The minimum atomic E-state index is -0.0825. The quantitative estimate of drug-likeness (QED) is 0.470. The zero-order chi connectivity index (χ0) is 18.5. The van der Waals surface area contributed by atoms with Crippen molar-refractivity contribution in [2.75, 3.05) is 7.11 Å². The molecule has 134 valence electrons. The number of ether oxygens (including phenoxy) is 1. The molecule has 6 nitrogen and oxygen atoms in total. The third kappa shape index (κ3) is 4.21. The maximum atomic E-state index is 12.3. The maximum absolute atomic E-state index is 12.3. The summed E-state index contributed by atoms with van der Waals surface area (Å²) >= 11 is 5.92. The number of carbonyl (C=O) groups excluding carboxylic acids is 1. The van der Waals surface area contributed by atoms with Crippen LogP contribution >= 0.6 is 11.6 Å². The minimum absolute atomic E-state index is 0.0825. The normalized spacial score (nSPS) is 11.2. The van der Waals surface area contributed by atoms with Crippen molar-refractivity contribution in [3.8, 4) is 5.75 Å². The van der Waals surface area contributed by atoms with Crippen LogP contribution in [-0.4, -0.2) is 32.5 Å². The number of halogens is 1. The molecule has 0 N–H and O–H groups in total. The van der Waals surface area contributed by atoms with Gasteiger partial charge in [0.2, 0.25) is 0 Å². The van der Waals surface area contributed by atoms with Gasteiger partial charge in [-0.25, -0.2) is 0 Å². The van der Waals surface area contributed by atoms with E-state index in [4.69, 9.17) is 16.3 Å². The number of aromatic nitrogens is 4. The Labute approximate surface area is 156 Å². The second kappa shape index (κ2) is 8.01. The molecule has 3 rings (SSSR count). The van der Waals surface area contributed by atoms with Gasteiger partial charge >= 0.3 is 0 Å². The molecule has 0 amide bonds. The molecule has 2 heterocycles. The largest absolute Gasteiger partial charge is 0.496 e. The Bertz CT molecular complexity index is 943. The molecule has 2 aromatic heterocycles. The number of aryl methyl sites for hydroxylation is 1. The average Bonchev–Trinajstić information content (AvgIpc) is 3.29. The van der Waals surface area contributed by atoms with E-state index < -0.39 is 0 Å². The van der Waals surface area contributed by atoms with Crippen LogP contribution < -0.4 is 4.74 Å². The highest BCUT2D eigenvalue weighted by atomic mass is 35.5. The van der Waals surface area contributed by atoms with Gasteiger partial charge in [0, 0.05) is 24.5 Å². The number of benzene rings is 1. The van der Waals surface area contributed by atoms with Crippen molar-refractivity contribution in [2.24, 2.45) is 0 Å². The molecule has 26 heavy (non-hydrogen) atoms. The van der Waals surface area contributed by atoms with Gasteiger partial charge in [0.1, 0.15) is 5.75 Å². The van der Waals surface area contributed by atoms with Crippen LogP contribution in [0.2, 0.25) is 5.02 Å². The van der Waals surface area contributed by atoms with E-state index in [0.717, 1.165) is 23.4 Å². The highest BCUT2D eigenvalue weighted by Crippen LogP contribution is 2.22. The molecule has 1 aromatic carbocycles. The van der Waals surface area contributed by atoms with Gasteiger partial charge in [-0.05, 0) is 30.7 Å². The summed E-state index contributed by atoms with van der Waals surface area (Å²) in [5.41, 5.74) is 2.42. The van der Waals surface area contributed by atoms with E-state index in [9.17, 15) is 4.79 Å². The van der Waals surface area contributed by atoms with Gasteiger partial charge in [0.05, 0.1) is 36.6 Å². The number of methoxy groups -OCH3 is 1. The summed E-state index contributed by atoms with van der Waals surface area (Å²) in [5.74, 6) is 0.672. The predicted molar refractivity (Wildman–Crippen MR) is 101 cm³/mol. The fourth-order valence-corrected chi connectivity index (χ4v) is 2.71. The lowest BCUT2D eigenvalue weighted by Crippen LogP contribution is -2.02. The molecule has 0 fully saturated rings. The van der Waals surface area contributed by atoms with Crippen LogP contribution in [0.15, 0.2) is 49.1 Å². The first kappa shape index (κ1) is 17.9. The summed E-state index contributed by atoms with van der Waals surface area (Å²) < 4.78 is 8.87. The highest BCUT2D eigenvalue weighted by Gasteiger charge is 2.07. The molecule has 0 saturated carbocycles. The molecule has 0 aliphatic carbocycles. The van der Waals surface area contributed by atoms with E-state index in [2.05, 4.69) is 10.2 Å². The number of nitrogens with zero attached hydrogens (tertiary/aromatic N) is 4. The number of ketones is 1. The third-order valence-corrected chi connectivity index (χ3v) is 4.10. The molecular weight excluding hydrogens is 352 g/mol. The Morgan fingerprint density at radius 2 is 2.04 bits per heavy atom. The Morgan fingerprint density at radius 1 is 1.23 bits per heavy atom. The fraction of sp³-hybridized carbons (Fsp3) is 0.211. The van der Waals surface area contributed by atoms with Crippen LogP contribution in [0.1, 0.15) is 28.4 Å². The van der Waals surface area contributed by atoms with Gasteiger partial charge in [-0.3, -0.25) is 14.2 Å². The maximum Gasteiger partial charge on any atom is 0.189 e. The first-order valence-corrected chi connectivity index (χ1v) is 8.56. The third-order valence-electron chi connectivity index (χ3n) is 3.91. The van der Waals surface area contributed by atoms with Gasteiger partial charge in [-0.2, -0.15) is 10.2 Å². The fourth-order valence-electron chi connectivity index (χ4n) is 2.56. The van der Waals surface area contributed by atoms with E-state index in [1.54, 1.807) is 53.4 Å². The van der Waals surface area contributed by atoms with E-state index in [0.29, 0.717) is 17.1 Å². The van der Waals surface area contributed by atoms with Crippen LogP contribution in [0.5, 0.6) is 5.75 Å². The smallest absolute Gasteiger partial charge is 0.189 e. The lowest BCUT2D eigenvalue weighted by Gasteiger charge is -2.09. The van der Waals surface area contributed by atoms with Gasteiger partial charge < -0.3 is 4.74 Å². The molecular formula is C19H19ClN4O2. The van der Waals surface area contributed by atoms with Crippen LogP contribution in [0, 0.1) is 0 Å². The summed E-state index contributed by atoms with van der Waals surface area (Å²) in [7, 11) is 1.62. The summed E-state index contributed by atoms with van der Waals surface area (Å²) in [6.45, 7) is 3.23. The lowest BCUT2D eigenvalue weighted by atomic mass is 10.1. The zero-order valence-electron chi connectivity index (χ0n) is 14.6. The minimum Gasteiger partial charge on any atom is -0.496 e. The van der Waals surface area contributed by atoms with E-state index >= 15 is 0 Å². The van der Waals surface area contributed by atoms with Gasteiger partial charge in [-0.1, -0.05) is 23.7 Å². The van der Waals surface area contributed by atoms with Crippen LogP contribution in [0.25, 0.3) is 6.08 Å². The van der Waals surface area contributed by atoms with Crippen molar-refractivity contribution in [1.29, 1.82) is 0 Å². The molecule has 0 aliphatic heterocycles. The second-order valence-corrected chi connectivity index (χ2v) is 6.15. The highest BCUT2D eigenvalue weighted by molar-refractivity contribution is 6.30. The molecule has 0 spiro atoms. The standard InChI is InChI=1S/C19H19ClN4O2/c1-3-23-12-16(9-21-23)18(25)6-4-14-5-7-19(26-2)15(8-14)11-24-13-17(20)10-22-24/h4-10,12-13H,3,11H2,1-2H3/b6-4+. The van der Waals surface area contributed by atoms with Gasteiger partial charge in [0.15, 0.2) is 5.78 Å². The van der Waals surface area contributed by atoms with Crippen molar-refractivity contribution in [1.82, 2.24) is 19.6 Å². The second-order valence-electron chi connectivity index (χ2n) is 5.71. The first-order valence-electron chi connectivity index (χ1n) is 8.18. The Hall–Kier alpha value is -2.86. The van der Waals surface area contributed by atoms with Crippen molar-refractivity contribution in [3.05, 3.63) is 70.8 Å². The van der Waals surface area contributed by atoms with E-state index in [-0.39, 0.29) is 5.78 Å². The summed E-state index contributed by atoms with van der Waals surface area (Å²) in [6.07, 6.45) is 9.99. The predicted octanol–water partition coefficient (Wildman–Crippen LogP) is 3.71. The van der Waals surface area contributed by atoms with Gasteiger partial charge in [0.25, 0.3) is 0 Å². The summed E-state index contributed by atoms with van der Waals surface area (Å²) in [4.78, 5) is 12.3. The average molecular weight is 371 g/mol. The molecule has 0 atom stereocenters. The number of rotatable bonds is 7. The molecule has 7 heteroatoms. The Balaban J connectivity index is 1.79. The molecule has 0 radical (unpaired) electrons. The van der Waals surface area contributed by atoms with Crippen molar-refractivity contribution in [2.45, 2.75) is 20.0 Å². The molecule has 3 aromatic rings. The van der Waals surface area contributed by atoms with Crippen LogP contribution in [0.3, 0.4) is 0 Å². The monoisotopic (exact) mass is 370 g/mol. The molecule has 0 saturated heterocycles. The number of carbonyl (C=O) groups is 1. The first-order chi connectivity index (χ1) is 12.6. The topological polar surface area (TPSA) is 61.9 Å². The summed E-state index contributed by atoms with van der Waals surface area (Å²) in [5, 5.41) is 8.89. The zero-order valence-corrected chi connectivity index (χ0v) is 15.3. The molecule has 0 aliphatic rings. The van der Waals surface area contributed by atoms with E-state index in [1.807, 2.05) is 25.1 Å². The van der Waals surface area contributed by atoms with E-state index in [1.165, 1.54) is 0 Å². The number of allylic oxidation sites excluding steroid dienone is 1. The Kier molecular flexibility index (Phi) is 5.53. The summed E-state index contributed by atoms with van der Waals surface area (Å²) in [6, 6.07) is 5.74. The SMILES string of the molecule is CCn1cc(C(=O)/C=C/c2ccc(OC)c(Cn3cc(Cl)cn3)c2)cn1. The van der Waals surface area contributed by atoms with Crippen molar-refractivity contribution in [3.63, 3.8) is 0 Å². The lowest BCUT2D eigenvalue weighted by molar-refractivity contribution is 0.104. The Morgan fingerprint density at radius 3 is 2.69 bits per heavy atom. The van der Waals surface area contributed by atoms with Gasteiger partial charge in [-0.15, -0.1) is 0 Å². The van der Waals surface area contributed by atoms with Crippen molar-refractivity contribution < 1.29 is 9.53 Å². The number of hydrogen-bond donors (Lipinski definition) is 0. The molecule has 0 unspecified atom stereocenters. The molecule has 0 bridgehead atoms. The number of hydrogen-bond acceptors (Lipinski definition) is 4. The van der Waals surface area contributed by atoms with Crippen molar-refractivity contribution >= 4 is 23.5 Å².